The lowest BCUT2D eigenvalue weighted by Crippen LogP contribution is -2.37. The zero-order chi connectivity index (χ0) is 14.7. The van der Waals surface area contributed by atoms with E-state index in [4.69, 9.17) is 22.1 Å². The minimum absolute atomic E-state index is 0.209. The van der Waals surface area contributed by atoms with Crippen molar-refractivity contribution in [3.63, 3.8) is 0 Å². The van der Waals surface area contributed by atoms with E-state index in [-0.39, 0.29) is 5.95 Å². The van der Waals surface area contributed by atoms with Crippen LogP contribution in [0.3, 0.4) is 0 Å². The third-order valence-corrected chi connectivity index (χ3v) is 4.33. The summed E-state index contributed by atoms with van der Waals surface area (Å²) in [4.78, 5) is 15.8. The van der Waals surface area contributed by atoms with Crippen LogP contribution in [0.1, 0.15) is 0 Å². The summed E-state index contributed by atoms with van der Waals surface area (Å²) in [6.07, 6.45) is 0. The Morgan fingerprint density at radius 3 is 2.67 bits per heavy atom. The maximum atomic E-state index is 6.15. The molecule has 8 heteroatoms. The van der Waals surface area contributed by atoms with Gasteiger partial charge in [0.2, 0.25) is 11.9 Å². The average molecular weight is 324 g/mol. The predicted octanol–water partition coefficient (Wildman–Crippen LogP) is 2.09. The molecule has 1 aromatic heterocycles. The Morgan fingerprint density at radius 2 is 1.90 bits per heavy atom. The SMILES string of the molecule is Nc1nc(Sc2ccccc2Cl)nc(N2CCOCC2)n1. The third kappa shape index (κ3) is 3.55. The first-order valence-electron chi connectivity index (χ1n) is 6.49. The molecule has 2 heterocycles. The molecular weight excluding hydrogens is 310 g/mol. The lowest BCUT2D eigenvalue weighted by atomic mass is 10.4. The van der Waals surface area contributed by atoms with E-state index in [9.17, 15) is 0 Å². The summed E-state index contributed by atoms with van der Waals surface area (Å²) in [5.74, 6) is 0.793. The van der Waals surface area contributed by atoms with Crippen molar-refractivity contribution in [1.29, 1.82) is 0 Å². The van der Waals surface area contributed by atoms with Crippen molar-refractivity contribution in [3.05, 3.63) is 29.3 Å². The fourth-order valence-electron chi connectivity index (χ4n) is 1.94. The summed E-state index contributed by atoms with van der Waals surface area (Å²) >= 11 is 7.53. The van der Waals surface area contributed by atoms with Crippen LogP contribution in [0.25, 0.3) is 0 Å². The van der Waals surface area contributed by atoms with Gasteiger partial charge in [-0.15, -0.1) is 0 Å². The number of nitrogens with two attached hydrogens (primary N) is 1. The molecule has 0 spiro atoms. The highest BCUT2D eigenvalue weighted by molar-refractivity contribution is 7.99. The molecule has 0 saturated carbocycles. The molecule has 1 aliphatic rings. The van der Waals surface area contributed by atoms with Gasteiger partial charge in [-0.3, -0.25) is 0 Å². The summed E-state index contributed by atoms with van der Waals surface area (Å²) in [6, 6.07) is 7.55. The molecule has 1 aromatic carbocycles. The lowest BCUT2D eigenvalue weighted by Gasteiger charge is -2.26. The molecule has 1 fully saturated rings. The van der Waals surface area contributed by atoms with Crippen molar-refractivity contribution in [2.45, 2.75) is 10.1 Å². The van der Waals surface area contributed by atoms with Crippen LogP contribution in [0.4, 0.5) is 11.9 Å². The Balaban J connectivity index is 1.85. The number of aromatic nitrogens is 3. The molecule has 0 radical (unpaired) electrons. The minimum Gasteiger partial charge on any atom is -0.378 e. The first-order valence-corrected chi connectivity index (χ1v) is 7.68. The van der Waals surface area contributed by atoms with Gasteiger partial charge in [0.25, 0.3) is 0 Å². The van der Waals surface area contributed by atoms with Crippen molar-refractivity contribution in [3.8, 4) is 0 Å². The summed E-state index contributed by atoms with van der Waals surface area (Å²) in [5.41, 5.74) is 5.79. The molecule has 21 heavy (non-hydrogen) atoms. The average Bonchev–Trinajstić information content (AvgIpc) is 2.50. The van der Waals surface area contributed by atoms with Gasteiger partial charge in [-0.2, -0.15) is 15.0 Å². The van der Waals surface area contributed by atoms with Gasteiger partial charge < -0.3 is 15.4 Å². The second kappa shape index (κ2) is 6.46. The van der Waals surface area contributed by atoms with Gasteiger partial charge >= 0.3 is 0 Å². The molecule has 6 nitrogen and oxygen atoms in total. The number of nitrogens with zero attached hydrogens (tertiary/aromatic N) is 4. The Hall–Kier alpha value is -1.57. The predicted molar refractivity (Wildman–Crippen MR) is 82.8 cm³/mol. The second-order valence-electron chi connectivity index (χ2n) is 4.41. The topological polar surface area (TPSA) is 77.2 Å². The number of benzene rings is 1. The molecule has 2 aromatic rings. The monoisotopic (exact) mass is 323 g/mol. The van der Waals surface area contributed by atoms with E-state index in [2.05, 4.69) is 15.0 Å². The van der Waals surface area contributed by atoms with Crippen molar-refractivity contribution in [1.82, 2.24) is 15.0 Å². The van der Waals surface area contributed by atoms with Crippen LogP contribution in [0.5, 0.6) is 0 Å². The number of morpholine rings is 1. The van der Waals surface area contributed by atoms with Crippen LogP contribution in [-0.2, 0) is 4.74 Å². The normalized spacial score (nSPS) is 15.2. The fraction of sp³-hybridized carbons (Fsp3) is 0.308. The van der Waals surface area contributed by atoms with E-state index in [1.54, 1.807) is 0 Å². The summed E-state index contributed by atoms with van der Waals surface area (Å²) < 4.78 is 5.33. The van der Waals surface area contributed by atoms with Gasteiger partial charge in [0.15, 0.2) is 5.16 Å². The van der Waals surface area contributed by atoms with Crippen molar-refractivity contribution in [2.24, 2.45) is 0 Å². The quantitative estimate of drug-likeness (QED) is 0.926. The molecule has 110 valence electrons. The molecular formula is C13H14ClN5OS. The van der Waals surface area contributed by atoms with Crippen molar-refractivity contribution in [2.75, 3.05) is 36.9 Å². The molecule has 1 saturated heterocycles. The summed E-state index contributed by atoms with van der Waals surface area (Å²) in [5, 5.41) is 1.20. The Labute approximate surface area is 131 Å². The number of hydrogen-bond acceptors (Lipinski definition) is 7. The van der Waals surface area contributed by atoms with E-state index in [0.717, 1.165) is 18.0 Å². The highest BCUT2D eigenvalue weighted by Crippen LogP contribution is 2.31. The van der Waals surface area contributed by atoms with Gasteiger partial charge in [0.05, 0.1) is 18.2 Å². The molecule has 2 N–H and O–H groups in total. The van der Waals surface area contributed by atoms with Crippen LogP contribution in [0.15, 0.2) is 34.3 Å². The van der Waals surface area contributed by atoms with E-state index in [1.165, 1.54) is 11.8 Å². The largest absolute Gasteiger partial charge is 0.378 e. The maximum absolute atomic E-state index is 6.15. The second-order valence-corrected chi connectivity index (χ2v) is 5.82. The zero-order valence-electron chi connectivity index (χ0n) is 11.2. The number of hydrogen-bond donors (Lipinski definition) is 1. The van der Waals surface area contributed by atoms with E-state index in [1.807, 2.05) is 29.2 Å². The zero-order valence-corrected chi connectivity index (χ0v) is 12.8. The minimum atomic E-state index is 0.209. The first-order chi connectivity index (χ1) is 10.2. The van der Waals surface area contributed by atoms with Gasteiger partial charge in [-0.1, -0.05) is 23.7 Å². The van der Waals surface area contributed by atoms with E-state index in [0.29, 0.717) is 29.3 Å². The van der Waals surface area contributed by atoms with Crippen LogP contribution in [0, 0.1) is 0 Å². The van der Waals surface area contributed by atoms with Crippen LogP contribution in [0.2, 0.25) is 5.02 Å². The number of nitrogen functional groups attached to an aromatic ring is 1. The lowest BCUT2D eigenvalue weighted by molar-refractivity contribution is 0.122. The van der Waals surface area contributed by atoms with Crippen LogP contribution >= 0.6 is 23.4 Å². The Kier molecular flexibility index (Phi) is 4.42. The molecule has 0 unspecified atom stereocenters. The van der Waals surface area contributed by atoms with Gasteiger partial charge in [0, 0.05) is 18.0 Å². The van der Waals surface area contributed by atoms with E-state index >= 15 is 0 Å². The molecule has 0 amide bonds. The van der Waals surface area contributed by atoms with Crippen molar-refractivity contribution >= 4 is 35.3 Å². The van der Waals surface area contributed by atoms with Crippen LogP contribution < -0.4 is 10.6 Å². The number of rotatable bonds is 3. The van der Waals surface area contributed by atoms with Crippen LogP contribution in [-0.4, -0.2) is 41.3 Å². The number of halogens is 1. The first kappa shape index (κ1) is 14.4. The Morgan fingerprint density at radius 1 is 1.14 bits per heavy atom. The van der Waals surface area contributed by atoms with Gasteiger partial charge in [-0.25, -0.2) is 0 Å². The smallest absolute Gasteiger partial charge is 0.231 e. The number of anilines is 2. The highest BCUT2D eigenvalue weighted by atomic mass is 35.5. The highest BCUT2D eigenvalue weighted by Gasteiger charge is 2.16. The molecule has 1 aliphatic heterocycles. The number of ether oxygens (including phenoxy) is 1. The van der Waals surface area contributed by atoms with Crippen molar-refractivity contribution < 1.29 is 4.74 Å². The van der Waals surface area contributed by atoms with Gasteiger partial charge in [-0.05, 0) is 23.9 Å². The van der Waals surface area contributed by atoms with Gasteiger partial charge in [0.1, 0.15) is 0 Å². The standard InChI is InChI=1S/C13H14ClN5OS/c14-9-3-1-2-4-10(9)21-13-17-11(15)16-12(18-13)19-5-7-20-8-6-19/h1-4H,5-8H2,(H2,15,16,17,18). The third-order valence-electron chi connectivity index (χ3n) is 2.95. The fourth-order valence-corrected chi connectivity index (χ4v) is 2.96. The summed E-state index contributed by atoms with van der Waals surface area (Å²) in [6.45, 7) is 2.83. The molecule has 3 rings (SSSR count). The molecule has 0 atom stereocenters. The molecule has 0 bridgehead atoms. The maximum Gasteiger partial charge on any atom is 0.231 e. The molecule has 0 aliphatic carbocycles. The van der Waals surface area contributed by atoms with E-state index < -0.39 is 0 Å². The summed E-state index contributed by atoms with van der Waals surface area (Å²) in [7, 11) is 0. The Bertz CT molecular complexity index is 636.